The van der Waals surface area contributed by atoms with Crippen LogP contribution in [0.1, 0.15) is 25.7 Å². The molecule has 1 fully saturated rings. The first-order valence-corrected chi connectivity index (χ1v) is 8.06. The van der Waals surface area contributed by atoms with Crippen LogP contribution in [0.5, 0.6) is 0 Å². The van der Waals surface area contributed by atoms with Gasteiger partial charge in [-0.05, 0) is 37.1 Å². The van der Waals surface area contributed by atoms with Gasteiger partial charge in [-0.1, -0.05) is 12.8 Å². The third-order valence-corrected chi connectivity index (χ3v) is 4.55. The molecule has 1 aliphatic carbocycles. The molecule has 0 spiro atoms. The second-order valence-electron chi connectivity index (χ2n) is 5.06. The van der Waals surface area contributed by atoms with Crippen LogP contribution >= 0.6 is 0 Å². The van der Waals surface area contributed by atoms with E-state index in [2.05, 4.69) is 5.32 Å². The number of aliphatic hydroxyl groups excluding tert-OH is 1. The number of anilines is 1. The van der Waals surface area contributed by atoms with Crippen LogP contribution in [0.2, 0.25) is 0 Å². The Balaban J connectivity index is 1.93. The molecule has 5 nitrogen and oxygen atoms in total. The summed E-state index contributed by atoms with van der Waals surface area (Å²) < 4.78 is 22.2. The van der Waals surface area contributed by atoms with Gasteiger partial charge in [0.1, 0.15) is 0 Å². The Hall–Kier alpha value is -1.11. The number of hydrogen-bond acceptors (Lipinski definition) is 4. The van der Waals surface area contributed by atoms with E-state index in [4.69, 9.17) is 5.14 Å². The predicted octanol–water partition coefficient (Wildman–Crippen LogP) is 1.30. The minimum Gasteiger partial charge on any atom is -0.393 e. The monoisotopic (exact) mass is 284 g/mol. The Labute approximate surface area is 113 Å². The topological polar surface area (TPSA) is 92.4 Å². The number of primary sulfonamides is 1. The van der Waals surface area contributed by atoms with E-state index in [9.17, 15) is 13.5 Å². The van der Waals surface area contributed by atoms with E-state index >= 15 is 0 Å². The number of nitrogens with one attached hydrogen (secondary N) is 1. The van der Waals surface area contributed by atoms with Crippen molar-refractivity contribution in [2.45, 2.75) is 36.7 Å². The van der Waals surface area contributed by atoms with Crippen molar-refractivity contribution in [2.24, 2.45) is 11.1 Å². The summed E-state index contributed by atoms with van der Waals surface area (Å²) >= 11 is 0. The Bertz CT molecular complexity index is 513. The maximum Gasteiger partial charge on any atom is 0.238 e. The van der Waals surface area contributed by atoms with Crippen LogP contribution in [0.4, 0.5) is 5.69 Å². The molecule has 106 valence electrons. The highest BCUT2D eigenvalue weighted by atomic mass is 32.2. The zero-order valence-corrected chi connectivity index (χ0v) is 11.6. The number of sulfonamides is 1. The molecule has 4 N–H and O–H groups in total. The van der Waals surface area contributed by atoms with Gasteiger partial charge in [-0.25, -0.2) is 13.6 Å². The molecule has 1 aromatic carbocycles. The first kappa shape index (κ1) is 14.3. The SMILES string of the molecule is NS(=O)(=O)c1ccc(NCC2CCCCC2O)cc1. The highest BCUT2D eigenvalue weighted by molar-refractivity contribution is 7.89. The van der Waals surface area contributed by atoms with E-state index in [0.717, 1.165) is 31.4 Å². The number of nitrogens with two attached hydrogens (primary N) is 1. The summed E-state index contributed by atoms with van der Waals surface area (Å²) in [6.07, 6.45) is 3.93. The van der Waals surface area contributed by atoms with Crippen molar-refractivity contribution >= 4 is 15.7 Å². The summed E-state index contributed by atoms with van der Waals surface area (Å²) in [6, 6.07) is 6.34. The van der Waals surface area contributed by atoms with Crippen molar-refractivity contribution in [3.63, 3.8) is 0 Å². The van der Waals surface area contributed by atoms with Gasteiger partial charge in [0.05, 0.1) is 11.0 Å². The van der Waals surface area contributed by atoms with Crippen molar-refractivity contribution in [1.82, 2.24) is 0 Å². The van der Waals surface area contributed by atoms with Crippen LogP contribution in [0.15, 0.2) is 29.2 Å². The lowest BCUT2D eigenvalue weighted by Gasteiger charge is -2.28. The van der Waals surface area contributed by atoms with E-state index in [1.54, 1.807) is 12.1 Å². The summed E-state index contributed by atoms with van der Waals surface area (Å²) in [5.74, 6) is 0.270. The van der Waals surface area contributed by atoms with Crippen LogP contribution in [-0.4, -0.2) is 26.2 Å². The average molecular weight is 284 g/mol. The molecule has 0 aromatic heterocycles. The fraction of sp³-hybridized carbons (Fsp3) is 0.538. The normalized spacial score (nSPS) is 24.1. The van der Waals surface area contributed by atoms with Crippen LogP contribution in [0.3, 0.4) is 0 Å². The van der Waals surface area contributed by atoms with Gasteiger partial charge in [0.2, 0.25) is 10.0 Å². The van der Waals surface area contributed by atoms with Crippen molar-refractivity contribution in [3.05, 3.63) is 24.3 Å². The molecule has 0 amide bonds. The maximum absolute atomic E-state index is 11.1. The molecule has 1 saturated carbocycles. The first-order valence-electron chi connectivity index (χ1n) is 6.51. The second kappa shape index (κ2) is 5.90. The van der Waals surface area contributed by atoms with Gasteiger partial charge >= 0.3 is 0 Å². The van der Waals surface area contributed by atoms with Gasteiger partial charge in [0.25, 0.3) is 0 Å². The molecule has 19 heavy (non-hydrogen) atoms. The lowest BCUT2D eigenvalue weighted by atomic mass is 9.86. The van der Waals surface area contributed by atoms with Gasteiger partial charge < -0.3 is 10.4 Å². The lowest BCUT2D eigenvalue weighted by Crippen LogP contribution is -2.30. The van der Waals surface area contributed by atoms with E-state index in [0.29, 0.717) is 6.54 Å². The molecule has 0 saturated heterocycles. The number of aliphatic hydroxyl groups is 1. The number of benzene rings is 1. The van der Waals surface area contributed by atoms with Gasteiger partial charge in [0.15, 0.2) is 0 Å². The minimum atomic E-state index is -3.63. The summed E-state index contributed by atoms with van der Waals surface area (Å²) in [4.78, 5) is 0.107. The Morgan fingerprint density at radius 2 is 1.84 bits per heavy atom. The highest BCUT2D eigenvalue weighted by Crippen LogP contribution is 2.24. The van der Waals surface area contributed by atoms with E-state index in [-0.39, 0.29) is 16.9 Å². The largest absolute Gasteiger partial charge is 0.393 e. The molecule has 0 radical (unpaired) electrons. The van der Waals surface area contributed by atoms with E-state index in [1.165, 1.54) is 12.1 Å². The minimum absolute atomic E-state index is 0.107. The molecule has 2 atom stereocenters. The Morgan fingerprint density at radius 3 is 2.42 bits per heavy atom. The zero-order valence-electron chi connectivity index (χ0n) is 10.7. The number of rotatable bonds is 4. The Kier molecular flexibility index (Phi) is 4.44. The van der Waals surface area contributed by atoms with E-state index in [1.807, 2.05) is 0 Å². The van der Waals surface area contributed by atoms with Gasteiger partial charge in [0, 0.05) is 18.2 Å². The zero-order chi connectivity index (χ0) is 13.9. The summed E-state index contributed by atoms with van der Waals surface area (Å²) in [5, 5.41) is 18.1. The van der Waals surface area contributed by atoms with Crippen molar-refractivity contribution in [2.75, 3.05) is 11.9 Å². The summed E-state index contributed by atoms with van der Waals surface area (Å²) in [7, 11) is -3.63. The van der Waals surface area contributed by atoms with Crippen molar-refractivity contribution in [3.8, 4) is 0 Å². The van der Waals surface area contributed by atoms with Crippen LogP contribution in [-0.2, 0) is 10.0 Å². The van der Waals surface area contributed by atoms with Gasteiger partial charge in [-0.15, -0.1) is 0 Å². The van der Waals surface area contributed by atoms with Crippen LogP contribution in [0, 0.1) is 5.92 Å². The molecule has 1 aliphatic rings. The standard InChI is InChI=1S/C13H20N2O3S/c14-19(17,18)12-7-5-11(6-8-12)15-9-10-3-1-2-4-13(10)16/h5-8,10,13,15-16H,1-4,9H2,(H2,14,17,18). The molecular formula is C13H20N2O3S. The van der Waals surface area contributed by atoms with E-state index < -0.39 is 10.0 Å². The molecule has 0 heterocycles. The highest BCUT2D eigenvalue weighted by Gasteiger charge is 2.22. The predicted molar refractivity (Wildman–Crippen MR) is 74.3 cm³/mol. The smallest absolute Gasteiger partial charge is 0.238 e. The quantitative estimate of drug-likeness (QED) is 0.777. The third-order valence-electron chi connectivity index (χ3n) is 3.62. The summed E-state index contributed by atoms with van der Waals surface area (Å²) in [6.45, 7) is 0.704. The van der Waals surface area contributed by atoms with Crippen LogP contribution < -0.4 is 10.5 Å². The third kappa shape index (κ3) is 3.92. The fourth-order valence-electron chi connectivity index (χ4n) is 2.44. The second-order valence-corrected chi connectivity index (χ2v) is 6.62. The molecule has 6 heteroatoms. The molecule has 2 rings (SSSR count). The Morgan fingerprint density at radius 1 is 1.21 bits per heavy atom. The maximum atomic E-state index is 11.1. The molecular weight excluding hydrogens is 264 g/mol. The average Bonchev–Trinajstić information content (AvgIpc) is 2.37. The van der Waals surface area contributed by atoms with Crippen LogP contribution in [0.25, 0.3) is 0 Å². The van der Waals surface area contributed by atoms with Crippen molar-refractivity contribution < 1.29 is 13.5 Å². The first-order chi connectivity index (χ1) is 8.97. The fourth-order valence-corrected chi connectivity index (χ4v) is 2.95. The van der Waals surface area contributed by atoms with Gasteiger partial charge in [-0.2, -0.15) is 0 Å². The lowest BCUT2D eigenvalue weighted by molar-refractivity contribution is 0.0763. The molecule has 1 aromatic rings. The molecule has 0 bridgehead atoms. The molecule has 0 aliphatic heterocycles. The van der Waals surface area contributed by atoms with Gasteiger partial charge in [-0.3, -0.25) is 0 Å². The number of hydrogen-bond donors (Lipinski definition) is 3. The molecule has 2 unspecified atom stereocenters. The van der Waals surface area contributed by atoms with Crippen molar-refractivity contribution in [1.29, 1.82) is 0 Å². The summed E-state index contributed by atoms with van der Waals surface area (Å²) in [5.41, 5.74) is 0.838.